The zero-order valence-corrected chi connectivity index (χ0v) is 15.5. The third-order valence-electron chi connectivity index (χ3n) is 5.86. The monoisotopic (exact) mass is 368 g/mol. The number of likely N-dealkylation sites (tertiary alicyclic amines) is 2. The average Bonchev–Trinajstić information content (AvgIpc) is 3.08. The topological polar surface area (TPSA) is 86.4 Å². The number of carbonyl (C=O) groups excluding carboxylic acids is 2. The summed E-state index contributed by atoms with van der Waals surface area (Å²) in [5.74, 6) is -0.00761. The van der Waals surface area contributed by atoms with E-state index in [1.807, 2.05) is 25.2 Å². The summed E-state index contributed by atoms with van der Waals surface area (Å²) in [7, 11) is 1.81. The highest BCUT2D eigenvalue weighted by Gasteiger charge is 2.51. The van der Waals surface area contributed by atoms with Crippen LogP contribution in [0.5, 0.6) is 0 Å². The van der Waals surface area contributed by atoms with Crippen LogP contribution in [0.15, 0.2) is 29.1 Å². The average molecular weight is 368 g/mol. The minimum atomic E-state index is -0.673. The van der Waals surface area contributed by atoms with Crippen LogP contribution in [-0.2, 0) is 16.0 Å². The molecule has 1 N–H and O–H groups in total. The van der Waals surface area contributed by atoms with E-state index < -0.39 is 5.54 Å². The van der Waals surface area contributed by atoms with Gasteiger partial charge in [0.15, 0.2) is 0 Å². The number of likely N-dealkylation sites (N-methyl/N-ethyl adjacent to an activating group) is 1. The zero-order valence-electron chi connectivity index (χ0n) is 15.5. The lowest BCUT2D eigenvalue weighted by Crippen LogP contribution is -2.60. The molecule has 0 bridgehead atoms. The largest absolute Gasteiger partial charge is 0.344 e. The molecular formula is C20H24N4O3. The van der Waals surface area contributed by atoms with Gasteiger partial charge in [0.25, 0.3) is 5.56 Å². The summed E-state index contributed by atoms with van der Waals surface area (Å²) in [6.45, 7) is 1.36. The van der Waals surface area contributed by atoms with E-state index in [0.717, 1.165) is 32.2 Å². The van der Waals surface area contributed by atoms with Crippen molar-refractivity contribution in [2.75, 3.05) is 20.1 Å². The van der Waals surface area contributed by atoms with E-state index >= 15 is 0 Å². The molecule has 1 atom stereocenters. The van der Waals surface area contributed by atoms with Gasteiger partial charge in [-0.05, 0) is 37.8 Å². The number of rotatable bonds is 3. The van der Waals surface area contributed by atoms with Crippen molar-refractivity contribution >= 4 is 22.8 Å². The van der Waals surface area contributed by atoms with Gasteiger partial charge in [-0.15, -0.1) is 0 Å². The first kappa shape index (κ1) is 17.7. The normalized spacial score (nSPS) is 22.8. The van der Waals surface area contributed by atoms with Gasteiger partial charge in [-0.3, -0.25) is 14.4 Å². The Morgan fingerprint density at radius 2 is 1.93 bits per heavy atom. The van der Waals surface area contributed by atoms with Gasteiger partial charge >= 0.3 is 0 Å². The maximum Gasteiger partial charge on any atom is 0.270 e. The Bertz CT molecular complexity index is 954. The number of carbonyl (C=O) groups is 2. The van der Waals surface area contributed by atoms with Gasteiger partial charge in [0, 0.05) is 33.0 Å². The molecule has 1 aromatic heterocycles. The van der Waals surface area contributed by atoms with Gasteiger partial charge in [0.05, 0.1) is 11.0 Å². The summed E-state index contributed by atoms with van der Waals surface area (Å²) in [6, 6.07) is 7.34. The van der Waals surface area contributed by atoms with Crippen molar-refractivity contribution in [3.8, 4) is 0 Å². The van der Waals surface area contributed by atoms with E-state index in [4.69, 9.17) is 0 Å². The molecule has 27 heavy (non-hydrogen) atoms. The fourth-order valence-electron chi connectivity index (χ4n) is 4.49. The third-order valence-corrected chi connectivity index (χ3v) is 5.86. The minimum Gasteiger partial charge on any atom is -0.344 e. The van der Waals surface area contributed by atoms with E-state index in [1.54, 1.807) is 15.9 Å². The summed E-state index contributed by atoms with van der Waals surface area (Å²) in [5, 5.41) is 0. The minimum absolute atomic E-state index is 0.0567. The fourth-order valence-corrected chi connectivity index (χ4v) is 4.49. The highest BCUT2D eigenvalue weighted by molar-refractivity contribution is 5.92. The molecule has 7 heteroatoms. The molecule has 0 aliphatic carbocycles. The number of nitrogens with one attached hydrogen (secondary N) is 1. The predicted molar refractivity (Wildman–Crippen MR) is 101 cm³/mol. The highest BCUT2D eigenvalue weighted by atomic mass is 16.2. The van der Waals surface area contributed by atoms with Crippen LogP contribution in [0.25, 0.3) is 11.0 Å². The van der Waals surface area contributed by atoms with E-state index in [1.165, 1.54) is 0 Å². The van der Waals surface area contributed by atoms with Crippen LogP contribution in [0.2, 0.25) is 0 Å². The molecule has 2 aliphatic heterocycles. The number of hydrogen-bond donors (Lipinski definition) is 1. The summed E-state index contributed by atoms with van der Waals surface area (Å²) in [6.07, 6.45) is 3.69. The predicted octanol–water partition coefficient (Wildman–Crippen LogP) is 1.47. The van der Waals surface area contributed by atoms with Crippen LogP contribution in [0.4, 0.5) is 0 Å². The Hall–Kier alpha value is -2.70. The second-order valence-corrected chi connectivity index (χ2v) is 7.54. The number of hydrogen-bond acceptors (Lipinski definition) is 4. The fraction of sp³-hybridized carbons (Fsp3) is 0.500. The Morgan fingerprint density at radius 1 is 1.19 bits per heavy atom. The molecule has 2 fully saturated rings. The number of piperidine rings is 1. The SMILES string of the molecule is CN1CCCC2(CCCN2C(=O)CCc2nc3ccccc3[nH]c2=O)C1=O. The molecule has 2 saturated heterocycles. The van der Waals surface area contributed by atoms with Crippen LogP contribution in [0, 0.1) is 0 Å². The van der Waals surface area contributed by atoms with Gasteiger partial charge in [0.2, 0.25) is 11.8 Å². The highest BCUT2D eigenvalue weighted by Crippen LogP contribution is 2.38. The van der Waals surface area contributed by atoms with E-state index in [-0.39, 0.29) is 30.2 Å². The van der Waals surface area contributed by atoms with Crippen molar-refractivity contribution in [3.63, 3.8) is 0 Å². The van der Waals surface area contributed by atoms with Crippen LogP contribution < -0.4 is 5.56 Å². The summed E-state index contributed by atoms with van der Waals surface area (Å²) >= 11 is 0. The number of para-hydroxylation sites is 2. The second-order valence-electron chi connectivity index (χ2n) is 7.54. The molecule has 2 aliphatic rings. The van der Waals surface area contributed by atoms with Crippen molar-refractivity contribution in [1.82, 2.24) is 19.8 Å². The lowest BCUT2D eigenvalue weighted by molar-refractivity contribution is -0.154. The van der Waals surface area contributed by atoms with Crippen molar-refractivity contribution in [1.29, 1.82) is 0 Å². The number of benzene rings is 1. The summed E-state index contributed by atoms with van der Waals surface area (Å²) < 4.78 is 0. The molecule has 7 nitrogen and oxygen atoms in total. The molecule has 4 rings (SSSR count). The first-order valence-electron chi connectivity index (χ1n) is 9.55. The second kappa shape index (κ2) is 6.79. The van der Waals surface area contributed by atoms with Crippen LogP contribution in [0.3, 0.4) is 0 Å². The Labute approximate surface area is 157 Å². The van der Waals surface area contributed by atoms with Gasteiger partial charge in [-0.25, -0.2) is 4.98 Å². The van der Waals surface area contributed by atoms with Crippen LogP contribution in [0.1, 0.15) is 37.8 Å². The number of nitrogens with zero attached hydrogens (tertiary/aromatic N) is 3. The maximum absolute atomic E-state index is 12.9. The third kappa shape index (κ3) is 3.01. The molecule has 0 saturated carbocycles. The van der Waals surface area contributed by atoms with Gasteiger partial charge < -0.3 is 14.8 Å². The lowest BCUT2D eigenvalue weighted by atomic mass is 9.85. The molecule has 142 valence electrons. The van der Waals surface area contributed by atoms with Gasteiger partial charge in [-0.1, -0.05) is 12.1 Å². The summed E-state index contributed by atoms with van der Waals surface area (Å²) in [4.78, 5) is 48.7. The quantitative estimate of drug-likeness (QED) is 0.889. The summed E-state index contributed by atoms with van der Waals surface area (Å²) in [5.41, 5.74) is 0.828. The first-order chi connectivity index (χ1) is 13.0. The number of H-pyrrole nitrogens is 1. The van der Waals surface area contributed by atoms with Crippen LogP contribution in [-0.4, -0.2) is 57.3 Å². The Balaban J connectivity index is 1.52. The number of fused-ring (bicyclic) bond motifs is 1. The number of aryl methyl sites for hydroxylation is 1. The zero-order chi connectivity index (χ0) is 19.0. The van der Waals surface area contributed by atoms with Crippen molar-refractivity contribution in [2.24, 2.45) is 0 Å². The lowest BCUT2D eigenvalue weighted by Gasteiger charge is -2.43. The van der Waals surface area contributed by atoms with E-state index in [2.05, 4.69) is 9.97 Å². The van der Waals surface area contributed by atoms with Crippen molar-refractivity contribution in [2.45, 2.75) is 44.1 Å². The molecule has 2 aromatic rings. The molecule has 1 unspecified atom stereocenters. The molecule has 1 spiro atoms. The smallest absolute Gasteiger partial charge is 0.270 e. The number of aromatic nitrogens is 2. The van der Waals surface area contributed by atoms with Gasteiger partial charge in [0.1, 0.15) is 11.2 Å². The van der Waals surface area contributed by atoms with Crippen molar-refractivity contribution < 1.29 is 9.59 Å². The molecule has 1 aromatic carbocycles. The van der Waals surface area contributed by atoms with Gasteiger partial charge in [-0.2, -0.15) is 0 Å². The Kier molecular flexibility index (Phi) is 4.45. The number of aromatic amines is 1. The molecule has 2 amide bonds. The maximum atomic E-state index is 12.9. The molecule has 0 radical (unpaired) electrons. The Morgan fingerprint density at radius 3 is 2.74 bits per heavy atom. The van der Waals surface area contributed by atoms with E-state index in [9.17, 15) is 14.4 Å². The standard InChI is InChI=1S/C20H24N4O3/c1-23-12-4-10-20(19(23)27)11-5-13-24(20)17(25)9-8-16-18(26)22-15-7-3-2-6-14(15)21-16/h2-3,6-7H,4-5,8-13H2,1H3,(H,22,26). The van der Waals surface area contributed by atoms with Crippen molar-refractivity contribution in [3.05, 3.63) is 40.3 Å². The molecular weight excluding hydrogens is 344 g/mol. The van der Waals surface area contributed by atoms with E-state index in [0.29, 0.717) is 23.3 Å². The van der Waals surface area contributed by atoms with Crippen LogP contribution >= 0.6 is 0 Å². The first-order valence-corrected chi connectivity index (χ1v) is 9.55. The molecule has 3 heterocycles. The number of amides is 2.